The molecule has 1 saturated heterocycles. The molecule has 2 aliphatic heterocycles. The zero-order valence-corrected chi connectivity index (χ0v) is 16.9. The molecule has 1 atom stereocenters. The molecule has 0 spiro atoms. The van der Waals surface area contributed by atoms with Crippen molar-refractivity contribution in [2.24, 2.45) is 0 Å². The molecule has 5 rings (SSSR count). The maximum Gasteiger partial charge on any atom is 0.308 e. The van der Waals surface area contributed by atoms with Crippen molar-refractivity contribution in [2.75, 3.05) is 11.4 Å². The SMILES string of the molecule is CC(=O)Oc1ccc(N2C(=O)C[C@H](N3CCc4[nH]c5ccc(F)cc5c4C3)C2=O)cc1. The quantitative estimate of drug-likeness (QED) is 0.400. The summed E-state index contributed by atoms with van der Waals surface area (Å²) in [6.07, 6.45) is 0.789. The topological polar surface area (TPSA) is 82.7 Å². The number of benzene rings is 2. The zero-order valence-electron chi connectivity index (χ0n) is 16.9. The number of carbonyl (C=O) groups is 3. The summed E-state index contributed by atoms with van der Waals surface area (Å²) < 4.78 is 18.8. The maximum atomic E-state index is 13.8. The van der Waals surface area contributed by atoms with Crippen LogP contribution in [-0.4, -0.2) is 40.3 Å². The number of carbonyl (C=O) groups excluding carboxylic acids is 3. The van der Waals surface area contributed by atoms with E-state index in [-0.39, 0.29) is 24.1 Å². The number of esters is 1. The molecule has 1 fully saturated rings. The number of rotatable bonds is 3. The molecule has 0 bridgehead atoms. The fourth-order valence-electron chi connectivity index (χ4n) is 4.47. The van der Waals surface area contributed by atoms with Gasteiger partial charge in [-0.3, -0.25) is 19.3 Å². The Kier molecular flexibility index (Phi) is 4.59. The van der Waals surface area contributed by atoms with E-state index in [0.717, 1.165) is 22.2 Å². The number of H-pyrrole nitrogens is 1. The fourth-order valence-corrected chi connectivity index (χ4v) is 4.47. The zero-order chi connectivity index (χ0) is 21.7. The van der Waals surface area contributed by atoms with Crippen LogP contribution < -0.4 is 9.64 Å². The first kappa shape index (κ1) is 19.4. The molecule has 1 N–H and O–H groups in total. The first-order valence-corrected chi connectivity index (χ1v) is 10.1. The third kappa shape index (κ3) is 3.38. The third-order valence-corrected chi connectivity index (χ3v) is 5.89. The van der Waals surface area contributed by atoms with Crippen molar-refractivity contribution in [1.29, 1.82) is 0 Å². The summed E-state index contributed by atoms with van der Waals surface area (Å²) >= 11 is 0. The lowest BCUT2D eigenvalue weighted by Crippen LogP contribution is -2.44. The average molecular weight is 421 g/mol. The molecule has 0 aliphatic carbocycles. The molecule has 7 nitrogen and oxygen atoms in total. The summed E-state index contributed by atoms with van der Waals surface area (Å²) in [5.41, 5.74) is 3.34. The summed E-state index contributed by atoms with van der Waals surface area (Å²) in [7, 11) is 0. The Morgan fingerprint density at radius 3 is 2.68 bits per heavy atom. The van der Waals surface area contributed by atoms with E-state index >= 15 is 0 Å². The second kappa shape index (κ2) is 7.31. The lowest BCUT2D eigenvalue weighted by atomic mass is 10.0. The minimum absolute atomic E-state index is 0.0938. The number of nitrogens with zero attached hydrogens (tertiary/aromatic N) is 2. The Balaban J connectivity index is 1.38. The molecule has 0 unspecified atom stereocenters. The van der Waals surface area contributed by atoms with Gasteiger partial charge in [-0.25, -0.2) is 9.29 Å². The Bertz CT molecular complexity index is 1220. The monoisotopic (exact) mass is 421 g/mol. The van der Waals surface area contributed by atoms with E-state index in [1.807, 2.05) is 4.90 Å². The van der Waals surface area contributed by atoms with E-state index in [4.69, 9.17) is 4.74 Å². The normalized spacial score (nSPS) is 19.2. The number of anilines is 1. The van der Waals surface area contributed by atoms with Gasteiger partial charge >= 0.3 is 5.97 Å². The third-order valence-electron chi connectivity index (χ3n) is 5.89. The number of aromatic amines is 1. The summed E-state index contributed by atoms with van der Waals surface area (Å²) in [5.74, 6) is -0.947. The summed E-state index contributed by atoms with van der Waals surface area (Å²) in [6.45, 7) is 2.41. The van der Waals surface area contributed by atoms with Crippen molar-refractivity contribution in [3.63, 3.8) is 0 Å². The first-order valence-electron chi connectivity index (χ1n) is 10.1. The van der Waals surface area contributed by atoms with E-state index in [1.54, 1.807) is 30.3 Å². The van der Waals surface area contributed by atoms with Crippen LogP contribution in [0.5, 0.6) is 5.75 Å². The summed E-state index contributed by atoms with van der Waals surface area (Å²) in [6, 6.07) is 10.4. The minimum atomic E-state index is -0.563. The van der Waals surface area contributed by atoms with Crippen LogP contribution in [0.15, 0.2) is 42.5 Å². The van der Waals surface area contributed by atoms with Gasteiger partial charge in [-0.15, -0.1) is 0 Å². The van der Waals surface area contributed by atoms with E-state index in [2.05, 4.69) is 4.98 Å². The molecule has 3 aromatic rings. The highest BCUT2D eigenvalue weighted by atomic mass is 19.1. The first-order chi connectivity index (χ1) is 14.9. The van der Waals surface area contributed by atoms with E-state index in [0.29, 0.717) is 30.9 Å². The maximum absolute atomic E-state index is 13.8. The minimum Gasteiger partial charge on any atom is -0.427 e. The van der Waals surface area contributed by atoms with Crippen LogP contribution in [0.25, 0.3) is 10.9 Å². The van der Waals surface area contributed by atoms with Crippen molar-refractivity contribution in [3.8, 4) is 5.75 Å². The molecule has 8 heteroatoms. The van der Waals surface area contributed by atoms with Gasteiger partial charge in [0.1, 0.15) is 11.6 Å². The molecule has 2 aliphatic rings. The summed E-state index contributed by atoms with van der Waals surface area (Å²) in [4.78, 5) is 43.4. The van der Waals surface area contributed by atoms with Gasteiger partial charge in [0.05, 0.1) is 18.2 Å². The van der Waals surface area contributed by atoms with Crippen LogP contribution in [0, 0.1) is 5.82 Å². The van der Waals surface area contributed by atoms with Gasteiger partial charge in [-0.05, 0) is 48.0 Å². The second-order valence-electron chi connectivity index (χ2n) is 7.87. The van der Waals surface area contributed by atoms with Crippen LogP contribution >= 0.6 is 0 Å². The number of amides is 2. The highest BCUT2D eigenvalue weighted by Crippen LogP contribution is 2.33. The molecule has 2 amide bonds. The van der Waals surface area contributed by atoms with Crippen molar-refractivity contribution in [2.45, 2.75) is 32.4 Å². The Hall–Kier alpha value is -3.52. The second-order valence-corrected chi connectivity index (χ2v) is 7.87. The van der Waals surface area contributed by atoms with E-state index < -0.39 is 12.0 Å². The number of halogens is 1. The predicted molar refractivity (Wildman–Crippen MR) is 111 cm³/mol. The van der Waals surface area contributed by atoms with E-state index in [9.17, 15) is 18.8 Å². The number of fused-ring (bicyclic) bond motifs is 3. The van der Waals surface area contributed by atoms with Crippen LogP contribution in [0.2, 0.25) is 0 Å². The van der Waals surface area contributed by atoms with E-state index in [1.165, 1.54) is 24.0 Å². The smallest absolute Gasteiger partial charge is 0.308 e. The molecule has 2 aromatic carbocycles. The highest BCUT2D eigenvalue weighted by molar-refractivity contribution is 6.22. The van der Waals surface area contributed by atoms with Crippen molar-refractivity contribution >= 4 is 34.4 Å². The number of aromatic nitrogens is 1. The van der Waals surface area contributed by atoms with Crippen LogP contribution in [-0.2, 0) is 27.3 Å². The Labute approximate surface area is 177 Å². The molecule has 0 radical (unpaired) electrons. The molecule has 158 valence electrons. The van der Waals surface area contributed by atoms with Gasteiger partial charge in [0.2, 0.25) is 5.91 Å². The molecule has 0 saturated carbocycles. The molecular formula is C23H20FN3O4. The number of ether oxygens (including phenoxy) is 1. The number of imide groups is 1. The van der Waals surface area contributed by atoms with Crippen molar-refractivity contribution < 1.29 is 23.5 Å². The van der Waals surface area contributed by atoms with Crippen LogP contribution in [0.4, 0.5) is 10.1 Å². The van der Waals surface area contributed by atoms with Crippen molar-refractivity contribution in [3.05, 3.63) is 59.5 Å². The van der Waals surface area contributed by atoms with Gasteiger partial charge in [-0.1, -0.05) is 0 Å². The van der Waals surface area contributed by atoms with Gasteiger partial charge < -0.3 is 9.72 Å². The number of hydrogen-bond acceptors (Lipinski definition) is 5. The summed E-state index contributed by atoms with van der Waals surface area (Å²) in [5, 5.41) is 0.814. The standard InChI is InChI=1S/C23H20FN3O4/c1-13(28)31-16-5-3-15(4-6-16)27-22(29)11-21(23(27)30)26-9-8-20-18(12-26)17-10-14(24)2-7-19(17)25-20/h2-7,10,21,25H,8-9,11-12H2,1H3/t21-/m0/s1. The predicted octanol–water partition coefficient (Wildman–Crippen LogP) is 2.92. The molecule has 31 heavy (non-hydrogen) atoms. The lowest BCUT2D eigenvalue weighted by molar-refractivity contribution is -0.132. The fraction of sp³-hybridized carbons (Fsp3) is 0.261. The number of hydrogen-bond donors (Lipinski definition) is 1. The van der Waals surface area contributed by atoms with Crippen LogP contribution in [0.3, 0.4) is 0 Å². The lowest BCUT2D eigenvalue weighted by Gasteiger charge is -2.31. The Morgan fingerprint density at radius 1 is 1.16 bits per heavy atom. The number of nitrogens with one attached hydrogen (secondary N) is 1. The molecular weight excluding hydrogens is 401 g/mol. The highest BCUT2D eigenvalue weighted by Gasteiger charge is 2.43. The molecule has 1 aromatic heterocycles. The van der Waals surface area contributed by atoms with Gasteiger partial charge in [0.15, 0.2) is 0 Å². The van der Waals surface area contributed by atoms with Crippen molar-refractivity contribution in [1.82, 2.24) is 9.88 Å². The molecule has 3 heterocycles. The average Bonchev–Trinajstić information content (AvgIpc) is 3.24. The van der Waals surface area contributed by atoms with Gasteiger partial charge in [0, 0.05) is 43.0 Å². The Morgan fingerprint density at radius 2 is 1.94 bits per heavy atom. The van der Waals surface area contributed by atoms with Crippen LogP contribution in [0.1, 0.15) is 24.6 Å². The largest absolute Gasteiger partial charge is 0.427 e. The van der Waals surface area contributed by atoms with Gasteiger partial charge in [0.25, 0.3) is 5.91 Å². The van der Waals surface area contributed by atoms with Gasteiger partial charge in [-0.2, -0.15) is 0 Å².